The average molecular weight is 1270 g/mol. The smallest absolute Gasteiger partial charge is 0.305 e. The molecule has 2 unspecified atom stereocenters. The van der Waals surface area contributed by atoms with Crippen LogP contribution in [0, 0.1) is 0 Å². The molecular formula is C84H161NO5. The largest absolute Gasteiger partial charge is 0.466 e. The third kappa shape index (κ3) is 75.1. The molecule has 532 valence electrons. The Balaban J connectivity index is 3.39. The minimum Gasteiger partial charge on any atom is -0.466 e. The van der Waals surface area contributed by atoms with Crippen LogP contribution in [-0.4, -0.2) is 47.4 Å². The number of rotatable bonds is 78. The maximum atomic E-state index is 12.6. The van der Waals surface area contributed by atoms with Crippen LogP contribution in [0.4, 0.5) is 0 Å². The summed E-state index contributed by atoms with van der Waals surface area (Å²) in [5.74, 6) is -0.0178. The van der Waals surface area contributed by atoms with Crippen molar-refractivity contribution in [3.8, 4) is 0 Å². The van der Waals surface area contributed by atoms with Crippen molar-refractivity contribution in [1.29, 1.82) is 0 Å². The zero-order valence-electron chi connectivity index (χ0n) is 61.1. The van der Waals surface area contributed by atoms with Gasteiger partial charge in [-0.1, -0.05) is 403 Å². The Hall–Kier alpha value is -1.92. The third-order valence-electron chi connectivity index (χ3n) is 19.4. The van der Waals surface area contributed by atoms with Crippen LogP contribution in [0.5, 0.6) is 0 Å². The van der Waals surface area contributed by atoms with Gasteiger partial charge in [0.05, 0.1) is 25.4 Å². The number of unbranched alkanes of at least 4 members (excludes halogenated alkanes) is 61. The number of aliphatic hydroxyl groups excluding tert-OH is 2. The van der Waals surface area contributed by atoms with Gasteiger partial charge in [-0.05, 0) is 83.5 Å². The summed E-state index contributed by atoms with van der Waals surface area (Å²) in [4.78, 5) is 24.7. The van der Waals surface area contributed by atoms with E-state index in [2.05, 4.69) is 55.6 Å². The molecule has 0 fully saturated rings. The highest BCUT2D eigenvalue weighted by atomic mass is 16.5. The fourth-order valence-corrected chi connectivity index (χ4v) is 13.1. The number of nitrogens with one attached hydrogen (secondary N) is 1. The van der Waals surface area contributed by atoms with Gasteiger partial charge in [0, 0.05) is 12.8 Å². The molecule has 1 amide bonds. The zero-order valence-corrected chi connectivity index (χ0v) is 61.1. The summed E-state index contributed by atoms with van der Waals surface area (Å²) in [5, 5.41) is 23.5. The number of hydrogen-bond acceptors (Lipinski definition) is 5. The van der Waals surface area contributed by atoms with Crippen LogP contribution in [0.2, 0.25) is 0 Å². The summed E-state index contributed by atoms with van der Waals surface area (Å²) in [5.41, 5.74) is 0. The van der Waals surface area contributed by atoms with Crippen LogP contribution in [0.15, 0.2) is 36.5 Å². The molecular weight excluding hydrogens is 1100 g/mol. The molecule has 0 spiro atoms. The van der Waals surface area contributed by atoms with E-state index in [1.54, 1.807) is 0 Å². The third-order valence-corrected chi connectivity index (χ3v) is 19.4. The Bertz CT molecular complexity index is 1460. The van der Waals surface area contributed by atoms with Gasteiger partial charge in [-0.15, -0.1) is 0 Å². The van der Waals surface area contributed by atoms with Gasteiger partial charge in [-0.3, -0.25) is 9.59 Å². The van der Waals surface area contributed by atoms with Crippen LogP contribution in [0.25, 0.3) is 0 Å². The first-order valence-electron chi connectivity index (χ1n) is 41.2. The minimum absolute atomic E-state index is 0.0127. The monoisotopic (exact) mass is 1260 g/mol. The quantitative estimate of drug-likeness (QED) is 0.0320. The average Bonchev–Trinajstić information content (AvgIpc) is 3.69. The molecule has 0 bridgehead atoms. The second-order valence-electron chi connectivity index (χ2n) is 28.5. The van der Waals surface area contributed by atoms with Gasteiger partial charge in [-0.2, -0.15) is 0 Å². The molecule has 0 aliphatic rings. The fourth-order valence-electron chi connectivity index (χ4n) is 13.1. The van der Waals surface area contributed by atoms with Gasteiger partial charge in [-0.25, -0.2) is 0 Å². The van der Waals surface area contributed by atoms with Gasteiger partial charge in [0.25, 0.3) is 0 Å². The van der Waals surface area contributed by atoms with E-state index >= 15 is 0 Å². The van der Waals surface area contributed by atoms with E-state index in [9.17, 15) is 19.8 Å². The van der Waals surface area contributed by atoms with Gasteiger partial charge >= 0.3 is 5.97 Å². The maximum Gasteiger partial charge on any atom is 0.305 e. The van der Waals surface area contributed by atoms with E-state index in [4.69, 9.17) is 4.74 Å². The molecule has 2 atom stereocenters. The number of carbonyl (C=O) groups excluding carboxylic acids is 2. The van der Waals surface area contributed by atoms with Crippen molar-refractivity contribution in [2.45, 2.75) is 475 Å². The second kappa shape index (κ2) is 79.5. The maximum absolute atomic E-state index is 12.6. The molecule has 0 aromatic carbocycles. The molecule has 90 heavy (non-hydrogen) atoms. The highest BCUT2D eigenvalue weighted by Crippen LogP contribution is 2.20. The summed E-state index contributed by atoms with van der Waals surface area (Å²) < 4.78 is 5.51. The topological polar surface area (TPSA) is 95.9 Å². The Morgan fingerprint density at radius 3 is 0.856 bits per heavy atom. The van der Waals surface area contributed by atoms with E-state index in [1.165, 1.54) is 379 Å². The van der Waals surface area contributed by atoms with E-state index in [-0.39, 0.29) is 18.5 Å². The van der Waals surface area contributed by atoms with E-state index in [0.29, 0.717) is 25.9 Å². The highest BCUT2D eigenvalue weighted by Gasteiger charge is 2.20. The standard InChI is InChI=1S/C84H161NO5/c1-3-5-7-9-11-13-15-17-19-21-23-24-25-31-34-37-41-44-48-52-56-60-64-68-72-76-82(87)81(80-86)85-83(88)77-73-69-65-61-57-53-49-45-42-38-35-32-29-27-26-28-30-33-36-39-43-47-51-55-59-63-67-71-75-79-90-84(89)78-74-70-66-62-58-54-50-46-40-22-20-18-16-14-12-10-8-6-4-2/h18,20,26,28,33,36,81-82,86-87H,3-17,19,21-25,27,29-32,34-35,37-80H2,1-2H3,(H,85,88)/b20-18-,28-26-,36-33-. The molecule has 6 nitrogen and oxygen atoms in total. The summed E-state index contributed by atoms with van der Waals surface area (Å²) in [6, 6.07) is -0.545. The molecule has 6 heteroatoms. The number of aliphatic hydroxyl groups is 2. The predicted octanol–water partition coefficient (Wildman–Crippen LogP) is 27.4. The lowest BCUT2D eigenvalue weighted by molar-refractivity contribution is -0.143. The number of amides is 1. The van der Waals surface area contributed by atoms with Crippen molar-refractivity contribution in [2.24, 2.45) is 0 Å². The van der Waals surface area contributed by atoms with E-state index in [1.807, 2.05) is 0 Å². The Labute approximate surface area is 564 Å². The molecule has 0 aromatic heterocycles. The number of ether oxygens (including phenoxy) is 1. The summed E-state index contributed by atoms with van der Waals surface area (Å²) in [6.45, 7) is 5.00. The van der Waals surface area contributed by atoms with Gasteiger partial charge in [0.1, 0.15) is 0 Å². The normalized spacial score (nSPS) is 12.6. The number of carbonyl (C=O) groups is 2. The first kappa shape index (κ1) is 88.1. The number of allylic oxidation sites excluding steroid dienone is 6. The molecule has 3 N–H and O–H groups in total. The van der Waals surface area contributed by atoms with Crippen LogP contribution in [0.3, 0.4) is 0 Å². The van der Waals surface area contributed by atoms with E-state index in [0.717, 1.165) is 51.4 Å². The molecule has 0 aromatic rings. The Kier molecular flexibility index (Phi) is 77.8. The molecule has 0 rings (SSSR count). The van der Waals surface area contributed by atoms with Crippen molar-refractivity contribution in [3.63, 3.8) is 0 Å². The molecule has 0 heterocycles. The molecule has 0 aliphatic carbocycles. The van der Waals surface area contributed by atoms with Crippen molar-refractivity contribution in [1.82, 2.24) is 5.32 Å². The van der Waals surface area contributed by atoms with Crippen molar-refractivity contribution in [2.75, 3.05) is 13.2 Å². The SMILES string of the molecule is CCCCCCCC/C=C\CCCCCCCCCCCC(=O)OCCCCCCCCCCC/C=C\C/C=C\CCCCCCCCCCCCCCCC(=O)NC(CO)C(O)CCCCCCCCCCCCCCCCCCCCCCCCCCC. The lowest BCUT2D eigenvalue weighted by Crippen LogP contribution is -2.45. The predicted molar refractivity (Wildman–Crippen MR) is 398 cm³/mol. The molecule has 0 aliphatic heterocycles. The van der Waals surface area contributed by atoms with E-state index < -0.39 is 12.1 Å². The molecule has 0 saturated carbocycles. The highest BCUT2D eigenvalue weighted by molar-refractivity contribution is 5.76. The van der Waals surface area contributed by atoms with Gasteiger partial charge in [0.2, 0.25) is 5.91 Å². The van der Waals surface area contributed by atoms with Crippen LogP contribution in [-0.2, 0) is 14.3 Å². The number of esters is 1. The van der Waals surface area contributed by atoms with Crippen LogP contribution < -0.4 is 5.32 Å². The number of hydrogen-bond donors (Lipinski definition) is 3. The first-order valence-corrected chi connectivity index (χ1v) is 41.2. The molecule has 0 radical (unpaired) electrons. The van der Waals surface area contributed by atoms with Crippen molar-refractivity contribution >= 4 is 11.9 Å². The molecule has 0 saturated heterocycles. The van der Waals surface area contributed by atoms with Crippen molar-refractivity contribution in [3.05, 3.63) is 36.5 Å². The summed E-state index contributed by atoms with van der Waals surface area (Å²) in [6.07, 6.45) is 104. The lowest BCUT2D eigenvalue weighted by Gasteiger charge is -2.22. The van der Waals surface area contributed by atoms with Crippen LogP contribution >= 0.6 is 0 Å². The Morgan fingerprint density at radius 1 is 0.311 bits per heavy atom. The minimum atomic E-state index is -0.667. The van der Waals surface area contributed by atoms with Gasteiger partial charge in [0.15, 0.2) is 0 Å². The zero-order chi connectivity index (χ0) is 64.9. The second-order valence-corrected chi connectivity index (χ2v) is 28.5. The first-order chi connectivity index (χ1) is 44.5. The van der Waals surface area contributed by atoms with Gasteiger partial charge < -0.3 is 20.3 Å². The fraction of sp³-hybridized carbons (Fsp3) is 0.905. The van der Waals surface area contributed by atoms with Crippen molar-refractivity contribution < 1.29 is 24.5 Å². The van der Waals surface area contributed by atoms with Crippen LogP contribution in [0.1, 0.15) is 463 Å². The summed E-state index contributed by atoms with van der Waals surface area (Å²) in [7, 11) is 0. The lowest BCUT2D eigenvalue weighted by atomic mass is 10.0. The Morgan fingerprint density at radius 2 is 0.556 bits per heavy atom. The summed E-state index contributed by atoms with van der Waals surface area (Å²) >= 11 is 0.